The molecule has 0 unspecified atom stereocenters. The average molecular weight is 286 g/mol. The topological polar surface area (TPSA) is 101 Å². The second-order valence-corrected chi connectivity index (χ2v) is 4.38. The molecule has 3 heterocycles. The van der Waals surface area contributed by atoms with Crippen LogP contribution in [0.1, 0.15) is 11.9 Å². The van der Waals surface area contributed by atoms with Gasteiger partial charge in [-0.15, -0.1) is 0 Å². The minimum atomic E-state index is -1.10. The van der Waals surface area contributed by atoms with Crippen molar-refractivity contribution < 1.29 is 39.7 Å². The molecule has 0 atom stereocenters. The summed E-state index contributed by atoms with van der Waals surface area (Å²) in [7, 11) is 1.54. The first-order valence-corrected chi connectivity index (χ1v) is 6.19. The van der Waals surface area contributed by atoms with Crippen LogP contribution in [0.15, 0.2) is 6.20 Å². The number of anilines is 1. The number of carbonyl (C=O) groups is 1. The number of aromatic nitrogens is 3. The molecule has 21 heavy (non-hydrogen) atoms. The van der Waals surface area contributed by atoms with E-state index in [4.69, 9.17) is 9.47 Å². The number of carboxylic acids is 1. The quantitative estimate of drug-likeness (QED) is 0.608. The molecular formula is C12H15LiN4O4. The van der Waals surface area contributed by atoms with Gasteiger partial charge in [0.15, 0.2) is 17.3 Å². The van der Waals surface area contributed by atoms with E-state index in [1.165, 1.54) is 7.11 Å². The van der Waals surface area contributed by atoms with Crippen molar-refractivity contribution in [2.24, 2.45) is 0 Å². The predicted octanol–water partition coefficient (Wildman–Crippen LogP) is -2.38. The first kappa shape index (κ1) is 15.6. The van der Waals surface area contributed by atoms with Crippen LogP contribution in [0.4, 0.5) is 5.82 Å². The number of pyridine rings is 1. The van der Waals surface area contributed by atoms with Crippen LogP contribution in [0.2, 0.25) is 0 Å². The van der Waals surface area contributed by atoms with Crippen molar-refractivity contribution in [2.75, 3.05) is 38.3 Å². The molecule has 0 radical (unpaired) electrons. The molecule has 2 N–H and O–H groups in total. The van der Waals surface area contributed by atoms with Crippen molar-refractivity contribution in [2.45, 2.75) is 0 Å². The Morgan fingerprint density at radius 3 is 2.86 bits per heavy atom. The molecule has 1 aliphatic heterocycles. The standard InChI is InChI=1S/C12H14N4O4.Li.H/c1-19-10-7-6-13-15-8(7)9(12(17)18)14-11(10)16-2-4-20-5-3-16;;/h6H,2-5H2,1H3,(H,13,15)(H,17,18);;/q;+1;-1. The fraction of sp³-hybridized carbons (Fsp3) is 0.417. The maximum absolute atomic E-state index is 11.4. The van der Waals surface area contributed by atoms with Crippen LogP contribution in [0.25, 0.3) is 10.9 Å². The van der Waals surface area contributed by atoms with Gasteiger partial charge in [0, 0.05) is 13.1 Å². The number of aromatic carboxylic acids is 1. The van der Waals surface area contributed by atoms with Crippen molar-refractivity contribution in [1.82, 2.24) is 15.2 Å². The third kappa shape index (κ3) is 2.70. The molecule has 1 fully saturated rings. The molecule has 1 aliphatic rings. The van der Waals surface area contributed by atoms with Crippen LogP contribution in [0.3, 0.4) is 0 Å². The summed E-state index contributed by atoms with van der Waals surface area (Å²) in [5.74, 6) is -0.0563. The summed E-state index contributed by atoms with van der Waals surface area (Å²) >= 11 is 0. The Morgan fingerprint density at radius 1 is 1.52 bits per heavy atom. The number of aromatic amines is 1. The van der Waals surface area contributed by atoms with E-state index in [1.807, 2.05) is 4.90 Å². The van der Waals surface area contributed by atoms with Crippen molar-refractivity contribution in [3.63, 3.8) is 0 Å². The fourth-order valence-corrected chi connectivity index (χ4v) is 2.32. The molecule has 2 aromatic heterocycles. The number of hydrogen-bond donors (Lipinski definition) is 2. The second kappa shape index (κ2) is 6.35. The second-order valence-electron chi connectivity index (χ2n) is 4.38. The van der Waals surface area contributed by atoms with Crippen molar-refractivity contribution in [3.8, 4) is 5.75 Å². The van der Waals surface area contributed by atoms with Gasteiger partial charge < -0.3 is 20.9 Å². The third-order valence-corrected chi connectivity index (χ3v) is 3.26. The number of ether oxygens (including phenoxy) is 2. The van der Waals surface area contributed by atoms with Gasteiger partial charge in [0.05, 0.1) is 31.9 Å². The molecule has 3 rings (SSSR count). The van der Waals surface area contributed by atoms with Gasteiger partial charge in [0.25, 0.3) is 0 Å². The normalized spacial score (nSPS) is 14.8. The number of nitrogens with one attached hydrogen (secondary N) is 1. The van der Waals surface area contributed by atoms with Gasteiger partial charge in [0.2, 0.25) is 0 Å². The van der Waals surface area contributed by atoms with Gasteiger partial charge in [0.1, 0.15) is 5.52 Å². The van der Waals surface area contributed by atoms with E-state index in [0.29, 0.717) is 48.8 Å². The minimum Gasteiger partial charge on any atom is -1.00 e. The monoisotopic (exact) mass is 286 g/mol. The number of fused-ring (bicyclic) bond motifs is 1. The van der Waals surface area contributed by atoms with E-state index < -0.39 is 5.97 Å². The van der Waals surface area contributed by atoms with Crippen molar-refractivity contribution in [1.29, 1.82) is 0 Å². The van der Waals surface area contributed by atoms with E-state index in [-0.39, 0.29) is 26.0 Å². The van der Waals surface area contributed by atoms with Gasteiger partial charge in [-0.05, 0) is 0 Å². The molecule has 0 spiro atoms. The summed E-state index contributed by atoms with van der Waals surface area (Å²) < 4.78 is 10.7. The largest absolute Gasteiger partial charge is 1.00 e. The van der Waals surface area contributed by atoms with Crippen molar-refractivity contribution >= 4 is 22.7 Å². The van der Waals surface area contributed by atoms with E-state index in [0.717, 1.165) is 0 Å². The Balaban J connectivity index is 0.00000121. The molecule has 2 aromatic rings. The van der Waals surface area contributed by atoms with E-state index in [1.54, 1.807) is 6.20 Å². The van der Waals surface area contributed by atoms with Crippen LogP contribution >= 0.6 is 0 Å². The summed E-state index contributed by atoms with van der Waals surface area (Å²) in [5, 5.41) is 16.5. The number of nitrogens with zero attached hydrogens (tertiary/aromatic N) is 3. The van der Waals surface area contributed by atoms with Crippen LogP contribution < -0.4 is 28.5 Å². The Labute approximate surface area is 134 Å². The zero-order chi connectivity index (χ0) is 14.1. The van der Waals surface area contributed by atoms with Gasteiger partial charge in [-0.25, -0.2) is 9.78 Å². The molecule has 0 aliphatic carbocycles. The van der Waals surface area contributed by atoms with Crippen LogP contribution in [0, 0.1) is 0 Å². The number of rotatable bonds is 3. The molecule has 0 aromatic carbocycles. The molecular weight excluding hydrogens is 271 g/mol. The molecule has 0 bridgehead atoms. The summed E-state index contributed by atoms with van der Waals surface area (Å²) in [6.45, 7) is 2.45. The number of morpholine rings is 1. The molecule has 1 saturated heterocycles. The zero-order valence-electron chi connectivity index (χ0n) is 12.9. The smallest absolute Gasteiger partial charge is 1.00 e. The maximum atomic E-state index is 11.4. The molecule has 8 nitrogen and oxygen atoms in total. The van der Waals surface area contributed by atoms with E-state index >= 15 is 0 Å². The molecule has 108 valence electrons. The summed E-state index contributed by atoms with van der Waals surface area (Å²) in [6.07, 6.45) is 1.55. The maximum Gasteiger partial charge on any atom is 1.00 e. The Kier molecular flexibility index (Phi) is 4.72. The summed E-state index contributed by atoms with van der Waals surface area (Å²) in [5.41, 5.74) is 0.311. The Bertz CT molecular complexity index is 660. The van der Waals surface area contributed by atoms with E-state index in [2.05, 4.69) is 15.2 Å². The summed E-state index contributed by atoms with van der Waals surface area (Å²) in [4.78, 5) is 17.6. The van der Waals surface area contributed by atoms with Gasteiger partial charge in [-0.3, -0.25) is 5.10 Å². The Hall–Kier alpha value is -1.75. The van der Waals surface area contributed by atoms with Crippen LogP contribution in [0.5, 0.6) is 5.75 Å². The summed E-state index contributed by atoms with van der Waals surface area (Å²) in [6, 6.07) is 0. The first-order valence-electron chi connectivity index (χ1n) is 6.19. The van der Waals surface area contributed by atoms with Gasteiger partial charge >= 0.3 is 24.8 Å². The average Bonchev–Trinajstić information content (AvgIpc) is 2.95. The molecule has 9 heteroatoms. The van der Waals surface area contributed by atoms with E-state index in [9.17, 15) is 9.90 Å². The fourth-order valence-electron chi connectivity index (χ4n) is 2.32. The number of methoxy groups -OCH3 is 1. The van der Waals surface area contributed by atoms with Gasteiger partial charge in [-0.1, -0.05) is 0 Å². The number of carboxylic acid groups (broad SMARTS) is 1. The Morgan fingerprint density at radius 2 is 2.24 bits per heavy atom. The molecule has 0 saturated carbocycles. The van der Waals surface area contributed by atoms with Crippen LogP contribution in [-0.4, -0.2) is 59.7 Å². The zero-order valence-corrected chi connectivity index (χ0v) is 11.9. The molecule has 0 amide bonds. The number of H-pyrrole nitrogens is 1. The predicted molar refractivity (Wildman–Crippen MR) is 71.5 cm³/mol. The van der Waals surface area contributed by atoms with Gasteiger partial charge in [-0.2, -0.15) is 5.10 Å². The van der Waals surface area contributed by atoms with Crippen molar-refractivity contribution in [3.05, 3.63) is 11.9 Å². The third-order valence-electron chi connectivity index (χ3n) is 3.26. The van der Waals surface area contributed by atoms with Crippen LogP contribution in [-0.2, 0) is 4.74 Å². The number of hydrogen-bond acceptors (Lipinski definition) is 6. The SMILES string of the molecule is COc1c(N2CCOCC2)nc(C(=O)O)c2[nH]ncc12.[H-].[Li+]. The first-order chi connectivity index (χ1) is 9.72. The minimum absolute atomic E-state index is 0.